The molecule has 0 saturated carbocycles. The topological polar surface area (TPSA) is 24.5 Å². The quantitative estimate of drug-likeness (QED) is 0.772. The highest BCUT2D eigenvalue weighted by molar-refractivity contribution is 4.79. The monoisotopic (exact) mass is 242 g/mol. The van der Waals surface area contributed by atoms with Crippen LogP contribution in [0.5, 0.6) is 0 Å². The van der Waals surface area contributed by atoms with Crippen molar-refractivity contribution in [2.24, 2.45) is 5.92 Å². The van der Waals surface area contributed by atoms with Crippen molar-refractivity contribution in [3.8, 4) is 0 Å². The van der Waals surface area contributed by atoms with E-state index in [2.05, 4.69) is 44.8 Å². The van der Waals surface area contributed by atoms with Gasteiger partial charge in [0.1, 0.15) is 0 Å². The van der Waals surface area contributed by atoms with E-state index >= 15 is 0 Å². The van der Waals surface area contributed by atoms with Crippen LogP contribution in [0.15, 0.2) is 0 Å². The van der Waals surface area contributed by atoms with E-state index in [0.29, 0.717) is 24.1 Å². The van der Waals surface area contributed by atoms with Gasteiger partial charge in [0.25, 0.3) is 0 Å². The standard InChI is InChI=1S/C14H30N2O/c1-6-14-10-17-13(5)9-16(14)8-12(4)7-15-11(2)3/h11-15H,6-10H2,1-5H3. The van der Waals surface area contributed by atoms with E-state index < -0.39 is 0 Å². The van der Waals surface area contributed by atoms with E-state index in [1.165, 1.54) is 13.0 Å². The molecule has 0 bridgehead atoms. The van der Waals surface area contributed by atoms with Crippen LogP contribution in [0.1, 0.15) is 41.0 Å². The Labute approximate surface area is 107 Å². The largest absolute Gasteiger partial charge is 0.376 e. The number of ether oxygens (including phenoxy) is 1. The molecule has 3 nitrogen and oxygen atoms in total. The molecule has 1 rings (SSSR count). The van der Waals surface area contributed by atoms with E-state index in [1.54, 1.807) is 0 Å². The predicted octanol–water partition coefficient (Wildman–Crippen LogP) is 2.12. The number of morpholine rings is 1. The van der Waals surface area contributed by atoms with Crippen molar-refractivity contribution < 1.29 is 4.74 Å². The Hall–Kier alpha value is -0.120. The van der Waals surface area contributed by atoms with Gasteiger partial charge in [-0.15, -0.1) is 0 Å². The maximum absolute atomic E-state index is 5.73. The molecular weight excluding hydrogens is 212 g/mol. The van der Waals surface area contributed by atoms with E-state index in [4.69, 9.17) is 4.74 Å². The first-order valence-corrected chi connectivity index (χ1v) is 7.12. The minimum Gasteiger partial charge on any atom is -0.376 e. The zero-order valence-corrected chi connectivity index (χ0v) is 12.2. The lowest BCUT2D eigenvalue weighted by atomic mass is 10.1. The smallest absolute Gasteiger partial charge is 0.0674 e. The number of nitrogens with one attached hydrogen (secondary N) is 1. The lowest BCUT2D eigenvalue weighted by Gasteiger charge is -2.39. The van der Waals surface area contributed by atoms with Crippen LogP contribution in [0.4, 0.5) is 0 Å². The number of nitrogens with zero attached hydrogens (tertiary/aromatic N) is 1. The van der Waals surface area contributed by atoms with E-state index in [0.717, 1.165) is 19.7 Å². The van der Waals surface area contributed by atoms with Crippen LogP contribution in [0.3, 0.4) is 0 Å². The lowest BCUT2D eigenvalue weighted by Crippen LogP contribution is -2.50. The predicted molar refractivity (Wildman–Crippen MR) is 73.4 cm³/mol. The summed E-state index contributed by atoms with van der Waals surface area (Å²) in [4.78, 5) is 2.61. The minimum absolute atomic E-state index is 0.392. The number of rotatable bonds is 6. The molecule has 17 heavy (non-hydrogen) atoms. The molecule has 0 amide bonds. The molecule has 102 valence electrons. The Balaban J connectivity index is 2.35. The summed E-state index contributed by atoms with van der Waals surface area (Å²) in [5.74, 6) is 0.705. The van der Waals surface area contributed by atoms with Gasteiger partial charge in [-0.05, 0) is 25.8 Å². The van der Waals surface area contributed by atoms with E-state index in [9.17, 15) is 0 Å². The summed E-state index contributed by atoms with van der Waals surface area (Å²) in [6.45, 7) is 15.5. The van der Waals surface area contributed by atoms with Gasteiger partial charge in [-0.3, -0.25) is 4.90 Å². The van der Waals surface area contributed by atoms with Crippen molar-refractivity contribution in [2.45, 2.75) is 59.2 Å². The summed E-state index contributed by atoms with van der Waals surface area (Å²) in [5.41, 5.74) is 0. The fourth-order valence-corrected chi connectivity index (χ4v) is 2.41. The molecule has 0 aromatic heterocycles. The minimum atomic E-state index is 0.392. The van der Waals surface area contributed by atoms with Crippen LogP contribution in [0.2, 0.25) is 0 Å². The molecule has 1 heterocycles. The molecule has 1 N–H and O–H groups in total. The molecule has 0 spiro atoms. The molecule has 1 aliphatic heterocycles. The van der Waals surface area contributed by atoms with Crippen molar-refractivity contribution in [2.75, 3.05) is 26.2 Å². The van der Waals surface area contributed by atoms with Gasteiger partial charge in [-0.2, -0.15) is 0 Å². The van der Waals surface area contributed by atoms with Crippen LogP contribution in [0, 0.1) is 5.92 Å². The highest BCUT2D eigenvalue weighted by Crippen LogP contribution is 2.16. The first kappa shape index (κ1) is 14.9. The zero-order valence-electron chi connectivity index (χ0n) is 12.2. The highest BCUT2D eigenvalue weighted by Gasteiger charge is 2.26. The Morgan fingerprint density at radius 1 is 1.35 bits per heavy atom. The van der Waals surface area contributed by atoms with Gasteiger partial charge in [-0.1, -0.05) is 27.7 Å². The maximum Gasteiger partial charge on any atom is 0.0674 e. The summed E-state index contributed by atoms with van der Waals surface area (Å²) in [6, 6.07) is 1.20. The van der Waals surface area contributed by atoms with Crippen LogP contribution in [-0.4, -0.2) is 49.3 Å². The molecular formula is C14H30N2O. The van der Waals surface area contributed by atoms with Crippen LogP contribution >= 0.6 is 0 Å². The number of hydrogen-bond acceptors (Lipinski definition) is 3. The molecule has 0 aromatic rings. The Morgan fingerprint density at radius 3 is 2.65 bits per heavy atom. The summed E-state index contributed by atoms with van der Waals surface area (Å²) in [5, 5.41) is 3.52. The third-order valence-corrected chi connectivity index (χ3v) is 3.47. The molecule has 1 aliphatic rings. The van der Waals surface area contributed by atoms with Gasteiger partial charge >= 0.3 is 0 Å². The Bertz CT molecular complexity index is 208. The first-order chi connectivity index (χ1) is 8.02. The van der Waals surface area contributed by atoms with Crippen LogP contribution in [-0.2, 0) is 4.74 Å². The third-order valence-electron chi connectivity index (χ3n) is 3.47. The van der Waals surface area contributed by atoms with E-state index in [1.807, 2.05) is 0 Å². The third kappa shape index (κ3) is 5.36. The van der Waals surface area contributed by atoms with Gasteiger partial charge in [-0.25, -0.2) is 0 Å². The molecule has 0 aromatic carbocycles. The van der Waals surface area contributed by atoms with Crippen molar-refractivity contribution in [1.29, 1.82) is 0 Å². The molecule has 3 atom stereocenters. The molecule has 1 fully saturated rings. The Morgan fingerprint density at radius 2 is 2.06 bits per heavy atom. The molecule has 3 heteroatoms. The SMILES string of the molecule is CCC1COC(C)CN1CC(C)CNC(C)C. The van der Waals surface area contributed by atoms with Crippen LogP contribution in [0.25, 0.3) is 0 Å². The van der Waals surface area contributed by atoms with Gasteiger partial charge in [0.2, 0.25) is 0 Å². The average Bonchev–Trinajstić information content (AvgIpc) is 2.27. The summed E-state index contributed by atoms with van der Waals surface area (Å²) < 4.78 is 5.73. The molecule has 1 saturated heterocycles. The molecule has 0 aliphatic carbocycles. The fraction of sp³-hybridized carbons (Fsp3) is 1.00. The van der Waals surface area contributed by atoms with Gasteiger partial charge in [0, 0.05) is 25.2 Å². The van der Waals surface area contributed by atoms with Crippen LogP contribution < -0.4 is 5.32 Å². The number of hydrogen-bond donors (Lipinski definition) is 1. The van der Waals surface area contributed by atoms with Gasteiger partial charge in [0.15, 0.2) is 0 Å². The van der Waals surface area contributed by atoms with Crippen molar-refractivity contribution >= 4 is 0 Å². The zero-order chi connectivity index (χ0) is 12.8. The van der Waals surface area contributed by atoms with Crippen molar-refractivity contribution in [3.05, 3.63) is 0 Å². The molecule has 3 unspecified atom stereocenters. The van der Waals surface area contributed by atoms with Gasteiger partial charge < -0.3 is 10.1 Å². The maximum atomic E-state index is 5.73. The summed E-state index contributed by atoms with van der Waals surface area (Å²) >= 11 is 0. The van der Waals surface area contributed by atoms with Crippen molar-refractivity contribution in [3.63, 3.8) is 0 Å². The fourth-order valence-electron chi connectivity index (χ4n) is 2.41. The molecule has 0 radical (unpaired) electrons. The normalized spacial score (nSPS) is 28.6. The average molecular weight is 242 g/mol. The lowest BCUT2D eigenvalue weighted by molar-refractivity contribution is -0.0598. The van der Waals surface area contributed by atoms with Crippen molar-refractivity contribution in [1.82, 2.24) is 10.2 Å². The highest BCUT2D eigenvalue weighted by atomic mass is 16.5. The van der Waals surface area contributed by atoms with E-state index in [-0.39, 0.29) is 0 Å². The Kier molecular flexibility index (Phi) is 6.45. The second-order valence-electron chi connectivity index (χ2n) is 5.83. The van der Waals surface area contributed by atoms with Gasteiger partial charge in [0.05, 0.1) is 12.7 Å². The first-order valence-electron chi connectivity index (χ1n) is 7.12. The second-order valence-corrected chi connectivity index (χ2v) is 5.83. The second kappa shape index (κ2) is 7.34. The summed E-state index contributed by atoms with van der Waals surface area (Å²) in [7, 11) is 0. The summed E-state index contributed by atoms with van der Waals surface area (Å²) in [6.07, 6.45) is 1.58.